The van der Waals surface area contributed by atoms with Crippen molar-refractivity contribution in [3.05, 3.63) is 10.0 Å². The van der Waals surface area contributed by atoms with E-state index in [1.165, 1.54) is 0 Å². The average Bonchev–Trinajstić information content (AvgIpc) is 2.34. The number of hydrogen-bond donors (Lipinski definition) is 1. The van der Waals surface area contributed by atoms with Crippen molar-refractivity contribution in [1.82, 2.24) is 10.2 Å². The number of rotatable bonds is 3. The van der Waals surface area contributed by atoms with E-state index in [9.17, 15) is 4.79 Å². The summed E-state index contributed by atoms with van der Waals surface area (Å²) < 4.78 is 0. The van der Waals surface area contributed by atoms with E-state index in [4.69, 9.17) is 5.11 Å². The number of aromatic carboxylic acids is 1. The SMILES string of the molecule is CC(C)Cc1nnc(C(=O)O)s1. The summed E-state index contributed by atoms with van der Waals surface area (Å²) in [6.07, 6.45) is 0.797. The van der Waals surface area contributed by atoms with Crippen molar-refractivity contribution >= 4 is 17.3 Å². The minimum Gasteiger partial charge on any atom is -0.476 e. The lowest BCUT2D eigenvalue weighted by molar-refractivity contribution is 0.0695. The molecule has 0 spiro atoms. The zero-order valence-corrected chi connectivity index (χ0v) is 7.76. The van der Waals surface area contributed by atoms with Gasteiger partial charge in [-0.15, -0.1) is 10.2 Å². The smallest absolute Gasteiger partial charge is 0.367 e. The van der Waals surface area contributed by atoms with Gasteiger partial charge in [0.15, 0.2) is 0 Å². The molecule has 1 aromatic rings. The minimum atomic E-state index is -0.998. The first-order chi connectivity index (χ1) is 5.59. The first kappa shape index (κ1) is 9.12. The van der Waals surface area contributed by atoms with Crippen LogP contribution in [-0.2, 0) is 6.42 Å². The molecule has 12 heavy (non-hydrogen) atoms. The third kappa shape index (κ3) is 2.27. The Bertz CT molecular complexity index is 283. The molecule has 0 aliphatic carbocycles. The normalized spacial score (nSPS) is 10.6. The van der Waals surface area contributed by atoms with Crippen LogP contribution in [-0.4, -0.2) is 21.3 Å². The van der Waals surface area contributed by atoms with Crippen molar-refractivity contribution in [3.8, 4) is 0 Å². The largest absolute Gasteiger partial charge is 0.476 e. The van der Waals surface area contributed by atoms with Gasteiger partial charge in [-0.05, 0) is 5.92 Å². The predicted molar refractivity (Wildman–Crippen MR) is 45.4 cm³/mol. The lowest BCUT2D eigenvalue weighted by atomic mass is 10.1. The molecule has 0 radical (unpaired) electrons. The Balaban J connectivity index is 2.71. The Labute approximate surface area is 74.3 Å². The summed E-state index contributed by atoms with van der Waals surface area (Å²) in [4.78, 5) is 10.4. The maximum atomic E-state index is 10.4. The van der Waals surface area contributed by atoms with Gasteiger partial charge >= 0.3 is 5.97 Å². The second-order valence-electron chi connectivity index (χ2n) is 2.90. The van der Waals surface area contributed by atoms with Crippen molar-refractivity contribution in [1.29, 1.82) is 0 Å². The summed E-state index contributed by atoms with van der Waals surface area (Å²) in [6, 6.07) is 0. The van der Waals surface area contributed by atoms with Crippen molar-refractivity contribution in [2.75, 3.05) is 0 Å². The van der Waals surface area contributed by atoms with Crippen molar-refractivity contribution in [2.24, 2.45) is 5.92 Å². The summed E-state index contributed by atoms with van der Waals surface area (Å²) in [5.74, 6) is -0.512. The van der Waals surface area contributed by atoms with E-state index in [0.29, 0.717) is 5.92 Å². The molecule has 0 fully saturated rings. The van der Waals surface area contributed by atoms with Crippen molar-refractivity contribution in [2.45, 2.75) is 20.3 Å². The van der Waals surface area contributed by atoms with E-state index in [1.807, 2.05) is 0 Å². The molecule has 0 aliphatic rings. The quantitative estimate of drug-likeness (QED) is 0.775. The van der Waals surface area contributed by atoms with Gasteiger partial charge < -0.3 is 5.11 Å². The van der Waals surface area contributed by atoms with Gasteiger partial charge in [0, 0.05) is 6.42 Å². The molecule has 0 amide bonds. The predicted octanol–water partition coefficient (Wildman–Crippen LogP) is 1.43. The van der Waals surface area contributed by atoms with Gasteiger partial charge in [-0.2, -0.15) is 0 Å². The zero-order valence-electron chi connectivity index (χ0n) is 6.94. The highest BCUT2D eigenvalue weighted by Gasteiger charge is 2.11. The second kappa shape index (κ2) is 3.62. The van der Waals surface area contributed by atoms with Gasteiger partial charge in [0.2, 0.25) is 5.01 Å². The Hall–Kier alpha value is -0.970. The van der Waals surface area contributed by atoms with Crippen LogP contribution in [0.3, 0.4) is 0 Å². The monoisotopic (exact) mass is 186 g/mol. The topological polar surface area (TPSA) is 63.1 Å². The van der Waals surface area contributed by atoms with E-state index in [2.05, 4.69) is 24.0 Å². The van der Waals surface area contributed by atoms with Crippen LogP contribution >= 0.6 is 11.3 Å². The molecule has 0 saturated heterocycles. The van der Waals surface area contributed by atoms with Crippen molar-refractivity contribution < 1.29 is 9.90 Å². The molecule has 1 aromatic heterocycles. The third-order valence-electron chi connectivity index (χ3n) is 1.23. The van der Waals surface area contributed by atoms with E-state index in [-0.39, 0.29) is 5.01 Å². The molecule has 0 bridgehead atoms. The fraction of sp³-hybridized carbons (Fsp3) is 0.571. The van der Waals surface area contributed by atoms with Crippen LogP contribution in [0.2, 0.25) is 0 Å². The Kier molecular flexibility index (Phi) is 2.75. The van der Waals surface area contributed by atoms with Gasteiger partial charge in [0.25, 0.3) is 0 Å². The minimum absolute atomic E-state index is 0.0747. The van der Waals surface area contributed by atoms with Gasteiger partial charge in [0.1, 0.15) is 5.01 Å². The number of nitrogens with zero attached hydrogens (tertiary/aromatic N) is 2. The van der Waals surface area contributed by atoms with Crippen LogP contribution in [0.15, 0.2) is 0 Å². The van der Waals surface area contributed by atoms with Gasteiger partial charge in [-0.3, -0.25) is 0 Å². The molecule has 1 rings (SSSR count). The van der Waals surface area contributed by atoms with Crippen LogP contribution in [0.4, 0.5) is 0 Å². The molecule has 0 saturated carbocycles. The van der Waals surface area contributed by atoms with E-state index in [1.54, 1.807) is 0 Å². The molecule has 0 atom stereocenters. The molecule has 0 aliphatic heterocycles. The third-order valence-corrected chi connectivity index (χ3v) is 2.17. The fourth-order valence-electron chi connectivity index (χ4n) is 0.772. The van der Waals surface area contributed by atoms with Gasteiger partial charge in [-0.1, -0.05) is 25.2 Å². The Morgan fingerprint density at radius 1 is 1.58 bits per heavy atom. The first-order valence-electron chi connectivity index (χ1n) is 3.65. The summed E-state index contributed by atoms with van der Waals surface area (Å²) >= 11 is 1.15. The fourth-order valence-corrected chi connectivity index (χ4v) is 1.66. The Morgan fingerprint density at radius 2 is 2.25 bits per heavy atom. The van der Waals surface area contributed by atoms with Crippen LogP contribution in [0.1, 0.15) is 28.7 Å². The summed E-state index contributed by atoms with van der Waals surface area (Å²) in [7, 11) is 0. The molecular formula is C7H10N2O2S. The maximum Gasteiger partial charge on any atom is 0.367 e. The van der Waals surface area contributed by atoms with E-state index >= 15 is 0 Å². The zero-order chi connectivity index (χ0) is 9.14. The molecule has 0 unspecified atom stereocenters. The summed E-state index contributed by atoms with van der Waals surface area (Å²) in [5.41, 5.74) is 0. The highest BCUT2D eigenvalue weighted by Crippen LogP contribution is 2.13. The lowest BCUT2D eigenvalue weighted by Gasteiger charge is -1.96. The molecule has 4 nitrogen and oxygen atoms in total. The summed E-state index contributed by atoms with van der Waals surface area (Å²) in [6.45, 7) is 4.11. The summed E-state index contributed by atoms with van der Waals surface area (Å²) in [5, 5.41) is 16.7. The molecule has 66 valence electrons. The van der Waals surface area contributed by atoms with Crippen LogP contribution in [0.25, 0.3) is 0 Å². The van der Waals surface area contributed by atoms with Crippen molar-refractivity contribution in [3.63, 3.8) is 0 Å². The lowest BCUT2D eigenvalue weighted by Crippen LogP contribution is -1.93. The van der Waals surface area contributed by atoms with Gasteiger partial charge in [0.05, 0.1) is 0 Å². The average molecular weight is 186 g/mol. The van der Waals surface area contributed by atoms with E-state index in [0.717, 1.165) is 22.8 Å². The molecule has 1 N–H and O–H groups in total. The second-order valence-corrected chi connectivity index (χ2v) is 3.97. The number of carboxylic acids is 1. The molecule has 1 heterocycles. The number of hydrogen-bond acceptors (Lipinski definition) is 4. The molecule has 0 aromatic carbocycles. The number of aromatic nitrogens is 2. The number of carbonyl (C=O) groups is 1. The first-order valence-corrected chi connectivity index (χ1v) is 4.47. The van der Waals surface area contributed by atoms with Crippen LogP contribution < -0.4 is 0 Å². The van der Waals surface area contributed by atoms with Crippen LogP contribution in [0.5, 0.6) is 0 Å². The van der Waals surface area contributed by atoms with Gasteiger partial charge in [-0.25, -0.2) is 4.79 Å². The van der Waals surface area contributed by atoms with Crippen LogP contribution in [0, 0.1) is 5.92 Å². The number of carboxylic acid groups (broad SMARTS) is 1. The highest BCUT2D eigenvalue weighted by atomic mass is 32.1. The highest BCUT2D eigenvalue weighted by molar-refractivity contribution is 7.13. The molecule has 5 heteroatoms. The maximum absolute atomic E-state index is 10.4. The Morgan fingerprint density at radius 3 is 2.67 bits per heavy atom. The molecular weight excluding hydrogens is 176 g/mol. The van der Waals surface area contributed by atoms with E-state index < -0.39 is 5.97 Å². The standard InChI is InChI=1S/C7H10N2O2S/c1-4(2)3-5-8-9-6(12-5)7(10)11/h4H,3H2,1-2H3,(H,10,11).